The van der Waals surface area contributed by atoms with E-state index >= 15 is 0 Å². The molecule has 6 heteroatoms. The van der Waals surface area contributed by atoms with E-state index in [1.807, 2.05) is 13.0 Å². The Labute approximate surface area is 150 Å². The van der Waals surface area contributed by atoms with Crippen LogP contribution in [0.1, 0.15) is 23.7 Å². The van der Waals surface area contributed by atoms with Gasteiger partial charge in [0.15, 0.2) is 0 Å². The van der Waals surface area contributed by atoms with Crippen LogP contribution < -0.4 is 0 Å². The summed E-state index contributed by atoms with van der Waals surface area (Å²) in [7, 11) is 0. The number of aromatic carboxylic acids is 1. The third-order valence-electron chi connectivity index (χ3n) is 4.18. The minimum absolute atomic E-state index is 0.194. The first-order valence-corrected chi connectivity index (χ1v) is 8.33. The molecule has 0 saturated carbocycles. The number of aliphatic hydroxyl groups is 1. The van der Waals surface area contributed by atoms with Crippen molar-refractivity contribution in [2.75, 3.05) is 0 Å². The molecule has 5 nitrogen and oxygen atoms in total. The Hall–Kier alpha value is -2.99. The quantitative estimate of drug-likeness (QED) is 0.705. The standard InChI is InChI=1S/C20H19FN2O3/c1-2-17(24)12-23-19(15-4-3-5-16(21)10-15)11-18(22-23)13-6-8-14(9-7-13)20(25)26/h3-11,17,24H,2,12H2,1H3,(H,25,26). The van der Waals surface area contributed by atoms with Crippen LogP contribution in [0.25, 0.3) is 22.5 Å². The molecule has 3 aromatic rings. The van der Waals surface area contributed by atoms with Gasteiger partial charge in [-0.05, 0) is 36.8 Å². The van der Waals surface area contributed by atoms with Crippen LogP contribution in [0, 0.1) is 5.82 Å². The fourth-order valence-corrected chi connectivity index (χ4v) is 2.69. The minimum atomic E-state index is -0.992. The fourth-order valence-electron chi connectivity index (χ4n) is 2.69. The summed E-state index contributed by atoms with van der Waals surface area (Å²) in [5.74, 6) is -1.34. The van der Waals surface area contributed by atoms with Gasteiger partial charge in [-0.2, -0.15) is 5.10 Å². The summed E-state index contributed by atoms with van der Waals surface area (Å²) in [5, 5.41) is 23.6. The van der Waals surface area contributed by atoms with Crippen LogP contribution in [0.3, 0.4) is 0 Å². The van der Waals surface area contributed by atoms with E-state index in [9.17, 15) is 14.3 Å². The number of hydrogen-bond donors (Lipinski definition) is 2. The van der Waals surface area contributed by atoms with Gasteiger partial charge in [0.25, 0.3) is 0 Å². The second-order valence-corrected chi connectivity index (χ2v) is 6.05. The molecule has 0 aliphatic carbocycles. The molecule has 26 heavy (non-hydrogen) atoms. The second-order valence-electron chi connectivity index (χ2n) is 6.05. The Balaban J connectivity index is 2.04. The van der Waals surface area contributed by atoms with E-state index in [1.165, 1.54) is 24.3 Å². The molecule has 0 spiro atoms. The van der Waals surface area contributed by atoms with Crippen molar-refractivity contribution < 1.29 is 19.4 Å². The van der Waals surface area contributed by atoms with E-state index in [0.717, 1.165) is 5.56 Å². The molecule has 1 atom stereocenters. The number of halogens is 1. The van der Waals surface area contributed by atoms with Gasteiger partial charge in [-0.3, -0.25) is 4.68 Å². The first-order chi connectivity index (χ1) is 12.5. The van der Waals surface area contributed by atoms with Gasteiger partial charge in [-0.25, -0.2) is 9.18 Å². The number of carboxylic acid groups (broad SMARTS) is 1. The van der Waals surface area contributed by atoms with Crippen molar-refractivity contribution in [2.24, 2.45) is 0 Å². The predicted octanol–water partition coefficient (Wildman–Crippen LogP) is 3.83. The molecule has 0 aliphatic rings. The number of nitrogens with zero attached hydrogens (tertiary/aromatic N) is 2. The molecule has 0 bridgehead atoms. The smallest absolute Gasteiger partial charge is 0.335 e. The lowest BCUT2D eigenvalue weighted by Crippen LogP contribution is -2.16. The number of carboxylic acids is 1. The van der Waals surface area contributed by atoms with Crippen LogP contribution in [-0.2, 0) is 6.54 Å². The molecule has 0 radical (unpaired) electrons. The van der Waals surface area contributed by atoms with Crippen molar-refractivity contribution >= 4 is 5.97 Å². The van der Waals surface area contributed by atoms with Gasteiger partial charge in [0.05, 0.1) is 29.6 Å². The fraction of sp³-hybridized carbons (Fsp3) is 0.200. The number of rotatable bonds is 6. The average molecular weight is 354 g/mol. The zero-order valence-electron chi connectivity index (χ0n) is 14.3. The lowest BCUT2D eigenvalue weighted by molar-refractivity contribution is 0.0697. The molecular weight excluding hydrogens is 335 g/mol. The lowest BCUT2D eigenvalue weighted by atomic mass is 10.1. The molecule has 3 rings (SSSR count). The van der Waals surface area contributed by atoms with E-state index in [4.69, 9.17) is 5.11 Å². The van der Waals surface area contributed by atoms with Gasteiger partial charge in [0.1, 0.15) is 5.82 Å². The third kappa shape index (κ3) is 3.81. The highest BCUT2D eigenvalue weighted by Gasteiger charge is 2.15. The van der Waals surface area contributed by atoms with Gasteiger partial charge >= 0.3 is 5.97 Å². The monoisotopic (exact) mass is 354 g/mol. The molecule has 2 aromatic carbocycles. The highest BCUT2D eigenvalue weighted by Crippen LogP contribution is 2.27. The van der Waals surface area contributed by atoms with Gasteiger partial charge < -0.3 is 10.2 Å². The first kappa shape index (κ1) is 17.8. The Kier molecular flexibility index (Phi) is 5.14. The molecule has 0 aliphatic heterocycles. The third-order valence-corrected chi connectivity index (χ3v) is 4.18. The topological polar surface area (TPSA) is 75.3 Å². The maximum Gasteiger partial charge on any atom is 0.335 e. The maximum atomic E-state index is 13.6. The highest BCUT2D eigenvalue weighted by molar-refractivity contribution is 5.88. The first-order valence-electron chi connectivity index (χ1n) is 8.33. The Bertz CT molecular complexity index is 919. The largest absolute Gasteiger partial charge is 0.478 e. The van der Waals surface area contributed by atoms with E-state index in [1.54, 1.807) is 28.9 Å². The lowest BCUT2D eigenvalue weighted by Gasteiger charge is -2.11. The van der Waals surface area contributed by atoms with E-state index in [-0.39, 0.29) is 17.9 Å². The van der Waals surface area contributed by atoms with Crippen molar-refractivity contribution in [2.45, 2.75) is 26.0 Å². The Morgan fingerprint density at radius 2 is 1.88 bits per heavy atom. The van der Waals surface area contributed by atoms with Gasteiger partial charge in [0, 0.05) is 11.1 Å². The van der Waals surface area contributed by atoms with Crippen LogP contribution in [0.4, 0.5) is 4.39 Å². The van der Waals surface area contributed by atoms with Gasteiger partial charge in [0.2, 0.25) is 0 Å². The molecule has 134 valence electrons. The van der Waals surface area contributed by atoms with Crippen molar-refractivity contribution in [1.29, 1.82) is 0 Å². The molecule has 0 fully saturated rings. The van der Waals surface area contributed by atoms with Gasteiger partial charge in [-0.1, -0.05) is 31.2 Å². The predicted molar refractivity (Wildman–Crippen MR) is 96.3 cm³/mol. The summed E-state index contributed by atoms with van der Waals surface area (Å²) in [6.07, 6.45) is 0.00917. The number of aliphatic hydroxyl groups excluding tert-OH is 1. The number of aromatic nitrogens is 2. The Morgan fingerprint density at radius 1 is 1.15 bits per heavy atom. The van der Waals surface area contributed by atoms with Crippen molar-refractivity contribution in [3.05, 3.63) is 66.0 Å². The highest BCUT2D eigenvalue weighted by atomic mass is 19.1. The SMILES string of the molecule is CCC(O)Cn1nc(-c2ccc(C(=O)O)cc2)cc1-c1cccc(F)c1. The Morgan fingerprint density at radius 3 is 2.50 bits per heavy atom. The average Bonchev–Trinajstić information content (AvgIpc) is 3.05. The molecule has 0 saturated heterocycles. The number of benzene rings is 2. The summed E-state index contributed by atoms with van der Waals surface area (Å²) in [6, 6.07) is 14.4. The van der Waals surface area contributed by atoms with Crippen molar-refractivity contribution in [1.82, 2.24) is 9.78 Å². The van der Waals surface area contributed by atoms with Gasteiger partial charge in [-0.15, -0.1) is 0 Å². The molecule has 2 N–H and O–H groups in total. The minimum Gasteiger partial charge on any atom is -0.478 e. The van der Waals surface area contributed by atoms with Crippen LogP contribution in [0.5, 0.6) is 0 Å². The summed E-state index contributed by atoms with van der Waals surface area (Å²) >= 11 is 0. The molecule has 1 heterocycles. The normalized spacial score (nSPS) is 12.1. The van der Waals surface area contributed by atoms with Crippen LogP contribution >= 0.6 is 0 Å². The van der Waals surface area contributed by atoms with Crippen LogP contribution in [0.15, 0.2) is 54.6 Å². The maximum absolute atomic E-state index is 13.6. The number of hydrogen-bond acceptors (Lipinski definition) is 3. The summed E-state index contributed by atoms with van der Waals surface area (Å²) in [4.78, 5) is 11.0. The summed E-state index contributed by atoms with van der Waals surface area (Å²) in [6.45, 7) is 2.16. The summed E-state index contributed by atoms with van der Waals surface area (Å²) in [5.41, 5.74) is 2.92. The molecule has 1 aromatic heterocycles. The number of carbonyl (C=O) groups is 1. The van der Waals surface area contributed by atoms with Crippen LogP contribution in [0.2, 0.25) is 0 Å². The van der Waals surface area contributed by atoms with E-state index in [2.05, 4.69) is 5.10 Å². The molecular formula is C20H19FN2O3. The molecule has 0 amide bonds. The van der Waals surface area contributed by atoms with E-state index in [0.29, 0.717) is 23.4 Å². The molecule has 1 unspecified atom stereocenters. The van der Waals surface area contributed by atoms with Crippen molar-refractivity contribution in [3.8, 4) is 22.5 Å². The summed E-state index contributed by atoms with van der Waals surface area (Å²) < 4.78 is 15.3. The zero-order valence-corrected chi connectivity index (χ0v) is 14.3. The van der Waals surface area contributed by atoms with Crippen LogP contribution in [-0.4, -0.2) is 32.1 Å². The second kappa shape index (κ2) is 7.49. The van der Waals surface area contributed by atoms with Crippen molar-refractivity contribution in [3.63, 3.8) is 0 Å². The van der Waals surface area contributed by atoms with E-state index < -0.39 is 12.1 Å². The zero-order chi connectivity index (χ0) is 18.7.